The van der Waals surface area contributed by atoms with E-state index in [0.29, 0.717) is 12.1 Å². The van der Waals surface area contributed by atoms with E-state index in [9.17, 15) is 10.4 Å². The van der Waals surface area contributed by atoms with E-state index >= 15 is 0 Å². The molecule has 160 valence electrons. The summed E-state index contributed by atoms with van der Waals surface area (Å²) in [7, 11) is 0. The molecule has 0 amide bonds. The molecule has 4 N–H and O–H groups in total. The second-order valence-electron chi connectivity index (χ2n) is 11.3. The van der Waals surface area contributed by atoms with Crippen LogP contribution >= 0.6 is 0 Å². The van der Waals surface area contributed by atoms with Crippen molar-refractivity contribution in [2.24, 2.45) is 0 Å². The Bertz CT molecular complexity index is 424. The molecule has 0 unspecified atom stereocenters. The first-order valence-corrected chi connectivity index (χ1v) is 10.6. The maximum Gasteiger partial charge on any atom is 0.0425 e. The molecule has 2 rings (SSSR count). The van der Waals surface area contributed by atoms with Crippen LogP contribution in [0.2, 0.25) is 0 Å². The molecule has 0 aliphatic carbocycles. The van der Waals surface area contributed by atoms with Gasteiger partial charge in [0.1, 0.15) is 0 Å². The van der Waals surface area contributed by atoms with E-state index in [1.54, 1.807) is 0 Å². The minimum Gasteiger partial charge on any atom is -0.314 e. The zero-order chi connectivity index (χ0) is 20.7. The van der Waals surface area contributed by atoms with E-state index < -0.39 is 0 Å². The van der Waals surface area contributed by atoms with Gasteiger partial charge in [0.2, 0.25) is 0 Å². The molecule has 0 aromatic carbocycles. The van der Waals surface area contributed by atoms with Crippen molar-refractivity contribution in [2.45, 2.75) is 122 Å². The molecule has 0 radical (unpaired) electrons. The predicted molar refractivity (Wildman–Crippen MR) is 110 cm³/mol. The van der Waals surface area contributed by atoms with Gasteiger partial charge in [-0.3, -0.25) is 0 Å². The number of hydrogen-bond acceptors (Lipinski definition) is 6. The normalized spacial score (nSPS) is 29.1. The topological polar surface area (TPSA) is 71.0 Å². The SMILES string of the molecule is CC1(C)CC(NCCCNC2CC(C)(C)N(O)C(C)(C)C2)CC(C)(C)N1O. The predicted octanol–water partition coefficient (Wildman–Crippen LogP) is 3.38. The average molecular weight is 385 g/mol. The lowest BCUT2D eigenvalue weighted by Gasteiger charge is -2.52. The van der Waals surface area contributed by atoms with Gasteiger partial charge in [-0.05, 0) is 101 Å². The zero-order valence-electron chi connectivity index (χ0n) is 18.9. The fourth-order valence-electron chi connectivity index (χ4n) is 5.53. The van der Waals surface area contributed by atoms with Crippen molar-refractivity contribution in [1.82, 2.24) is 20.8 Å². The molecule has 6 nitrogen and oxygen atoms in total. The van der Waals surface area contributed by atoms with Gasteiger partial charge in [-0.1, -0.05) is 0 Å². The van der Waals surface area contributed by atoms with E-state index in [1.165, 1.54) is 10.1 Å². The second-order valence-corrected chi connectivity index (χ2v) is 11.3. The van der Waals surface area contributed by atoms with Crippen LogP contribution in [0.3, 0.4) is 0 Å². The molecule has 2 aliphatic heterocycles. The Morgan fingerprint density at radius 3 is 1.15 bits per heavy atom. The quantitative estimate of drug-likeness (QED) is 0.526. The van der Waals surface area contributed by atoms with Crippen LogP contribution in [0.25, 0.3) is 0 Å². The summed E-state index contributed by atoms with van der Waals surface area (Å²) in [5, 5.41) is 31.3. The van der Waals surface area contributed by atoms with Gasteiger partial charge in [-0.2, -0.15) is 10.1 Å². The summed E-state index contributed by atoms with van der Waals surface area (Å²) >= 11 is 0. The molecule has 27 heavy (non-hydrogen) atoms. The van der Waals surface area contributed by atoms with Crippen molar-refractivity contribution in [1.29, 1.82) is 0 Å². The Morgan fingerprint density at radius 1 is 0.630 bits per heavy atom. The van der Waals surface area contributed by atoms with Crippen molar-refractivity contribution in [3.05, 3.63) is 0 Å². The smallest absolute Gasteiger partial charge is 0.0425 e. The maximum absolute atomic E-state index is 10.4. The fraction of sp³-hybridized carbons (Fsp3) is 1.00. The van der Waals surface area contributed by atoms with Crippen molar-refractivity contribution in [3.8, 4) is 0 Å². The first-order valence-electron chi connectivity index (χ1n) is 10.6. The summed E-state index contributed by atoms with van der Waals surface area (Å²) in [5.74, 6) is 0. The Balaban J connectivity index is 1.73. The van der Waals surface area contributed by atoms with Gasteiger partial charge < -0.3 is 21.0 Å². The molecule has 2 heterocycles. The monoisotopic (exact) mass is 384 g/mol. The molecular formula is C21H44N4O2. The number of nitrogens with zero attached hydrogens (tertiary/aromatic N) is 2. The van der Waals surface area contributed by atoms with Crippen LogP contribution in [0, 0.1) is 0 Å². The summed E-state index contributed by atoms with van der Waals surface area (Å²) < 4.78 is 0. The van der Waals surface area contributed by atoms with Crippen molar-refractivity contribution < 1.29 is 10.4 Å². The Hall–Kier alpha value is -0.240. The van der Waals surface area contributed by atoms with Gasteiger partial charge in [0.05, 0.1) is 0 Å². The van der Waals surface area contributed by atoms with Crippen LogP contribution in [0.4, 0.5) is 0 Å². The third kappa shape index (κ3) is 5.43. The summed E-state index contributed by atoms with van der Waals surface area (Å²) in [4.78, 5) is 0. The molecule has 0 atom stereocenters. The molecule has 0 saturated carbocycles. The number of hydrogen-bond donors (Lipinski definition) is 4. The molecule has 6 heteroatoms. The van der Waals surface area contributed by atoms with Gasteiger partial charge in [-0.25, -0.2) is 0 Å². The van der Waals surface area contributed by atoms with Crippen LogP contribution in [0.15, 0.2) is 0 Å². The van der Waals surface area contributed by atoms with E-state index in [1.807, 2.05) is 0 Å². The number of rotatable bonds is 6. The highest BCUT2D eigenvalue weighted by Gasteiger charge is 2.45. The Labute approximate surface area is 166 Å². The lowest BCUT2D eigenvalue weighted by atomic mass is 9.79. The van der Waals surface area contributed by atoms with E-state index in [4.69, 9.17) is 0 Å². The summed E-state index contributed by atoms with van der Waals surface area (Å²) in [5.41, 5.74) is -0.805. The third-order valence-corrected chi connectivity index (χ3v) is 6.50. The molecule has 0 bridgehead atoms. The minimum absolute atomic E-state index is 0.201. The highest BCUT2D eigenvalue weighted by Crippen LogP contribution is 2.37. The first-order chi connectivity index (χ1) is 12.2. The molecule has 2 fully saturated rings. The van der Waals surface area contributed by atoms with Gasteiger partial charge in [0.15, 0.2) is 0 Å². The first kappa shape index (κ1) is 23.0. The van der Waals surface area contributed by atoms with Crippen molar-refractivity contribution in [3.63, 3.8) is 0 Å². The van der Waals surface area contributed by atoms with E-state index in [0.717, 1.165) is 45.2 Å². The van der Waals surface area contributed by atoms with Crippen molar-refractivity contribution >= 4 is 0 Å². The Kier molecular flexibility index (Phi) is 6.73. The number of hydroxylamine groups is 4. The van der Waals surface area contributed by atoms with Crippen LogP contribution in [0.5, 0.6) is 0 Å². The zero-order valence-corrected chi connectivity index (χ0v) is 18.9. The molecular weight excluding hydrogens is 340 g/mol. The van der Waals surface area contributed by atoms with E-state index in [2.05, 4.69) is 66.0 Å². The number of nitrogens with one attached hydrogen (secondary N) is 2. The largest absolute Gasteiger partial charge is 0.314 e. The third-order valence-electron chi connectivity index (χ3n) is 6.50. The highest BCUT2D eigenvalue weighted by atomic mass is 16.5. The van der Waals surface area contributed by atoms with Crippen LogP contribution in [-0.2, 0) is 0 Å². The summed E-state index contributed by atoms with van der Waals surface area (Å²) in [6, 6.07) is 0.878. The lowest BCUT2D eigenvalue weighted by molar-refractivity contribution is -0.246. The lowest BCUT2D eigenvalue weighted by Crippen LogP contribution is -2.62. The maximum atomic E-state index is 10.4. The molecule has 2 saturated heterocycles. The van der Waals surface area contributed by atoms with Gasteiger partial charge in [-0.15, -0.1) is 0 Å². The van der Waals surface area contributed by atoms with Crippen molar-refractivity contribution in [2.75, 3.05) is 13.1 Å². The molecule has 0 aromatic heterocycles. The van der Waals surface area contributed by atoms with Gasteiger partial charge in [0.25, 0.3) is 0 Å². The molecule has 2 aliphatic rings. The summed E-state index contributed by atoms with van der Waals surface area (Å²) in [6.45, 7) is 18.9. The summed E-state index contributed by atoms with van der Waals surface area (Å²) in [6.07, 6.45) is 4.91. The van der Waals surface area contributed by atoms with Crippen LogP contribution < -0.4 is 10.6 Å². The van der Waals surface area contributed by atoms with Crippen LogP contribution in [-0.4, -0.2) is 67.9 Å². The van der Waals surface area contributed by atoms with E-state index in [-0.39, 0.29) is 22.2 Å². The number of piperidine rings is 2. The van der Waals surface area contributed by atoms with Gasteiger partial charge >= 0.3 is 0 Å². The highest BCUT2D eigenvalue weighted by molar-refractivity contribution is 4.99. The van der Waals surface area contributed by atoms with Crippen LogP contribution in [0.1, 0.15) is 87.5 Å². The fourth-order valence-corrected chi connectivity index (χ4v) is 5.53. The minimum atomic E-state index is -0.201. The average Bonchev–Trinajstić information content (AvgIpc) is 2.49. The second kappa shape index (κ2) is 7.88. The molecule has 0 spiro atoms. The standard InChI is InChI=1S/C21H44N4O2/c1-18(2)12-16(13-19(3,4)24(18)26)22-10-9-11-23-17-14-20(5,6)25(27)21(7,8)15-17/h16-17,22-23,26-27H,9-15H2,1-8H3. The molecule has 0 aromatic rings. The Morgan fingerprint density at radius 2 is 0.889 bits per heavy atom. The van der Waals surface area contributed by atoms with Gasteiger partial charge in [0, 0.05) is 34.2 Å².